The predicted octanol–water partition coefficient (Wildman–Crippen LogP) is 1.92. The molecule has 1 fully saturated rings. The van der Waals surface area contributed by atoms with Gasteiger partial charge in [-0.3, -0.25) is 0 Å². The summed E-state index contributed by atoms with van der Waals surface area (Å²) < 4.78 is 5.17. The van der Waals surface area contributed by atoms with Gasteiger partial charge in [0.25, 0.3) is 0 Å². The molecule has 1 atom stereocenters. The van der Waals surface area contributed by atoms with Crippen molar-refractivity contribution in [2.24, 2.45) is 5.92 Å². The standard InChI is InChI=1S/C12H21N3O/c1-9(2)15-5-3-4-10(8-15)6-11-7-12(13)14-16-11/h7,9-10H,3-6,8H2,1-2H3,(H2,13,14). The second-order valence-electron chi connectivity index (χ2n) is 5.02. The number of aromatic nitrogens is 1. The zero-order valence-corrected chi connectivity index (χ0v) is 10.1. The lowest BCUT2D eigenvalue weighted by Crippen LogP contribution is -2.40. The number of likely N-dealkylation sites (tertiary alicyclic amines) is 1. The van der Waals surface area contributed by atoms with Crippen molar-refractivity contribution in [1.82, 2.24) is 10.1 Å². The van der Waals surface area contributed by atoms with Crippen molar-refractivity contribution in [1.29, 1.82) is 0 Å². The van der Waals surface area contributed by atoms with E-state index in [1.807, 2.05) is 6.07 Å². The highest BCUT2D eigenvalue weighted by Gasteiger charge is 2.22. The summed E-state index contributed by atoms with van der Waals surface area (Å²) in [6.07, 6.45) is 3.53. The molecule has 16 heavy (non-hydrogen) atoms. The molecule has 0 aromatic carbocycles. The molecule has 0 spiro atoms. The first-order chi connectivity index (χ1) is 7.65. The second-order valence-corrected chi connectivity index (χ2v) is 5.02. The first-order valence-electron chi connectivity index (χ1n) is 6.10. The maximum absolute atomic E-state index is 5.54. The second kappa shape index (κ2) is 4.87. The maximum Gasteiger partial charge on any atom is 0.167 e. The Morgan fingerprint density at radius 2 is 2.44 bits per heavy atom. The molecule has 2 heterocycles. The lowest BCUT2D eigenvalue weighted by atomic mass is 9.93. The number of piperidine rings is 1. The monoisotopic (exact) mass is 223 g/mol. The summed E-state index contributed by atoms with van der Waals surface area (Å²) in [6, 6.07) is 2.48. The molecule has 4 nitrogen and oxygen atoms in total. The minimum absolute atomic E-state index is 0.492. The number of hydrogen-bond acceptors (Lipinski definition) is 4. The molecule has 1 aromatic heterocycles. The molecule has 2 rings (SSSR count). The van der Waals surface area contributed by atoms with Crippen molar-refractivity contribution in [3.63, 3.8) is 0 Å². The third-order valence-corrected chi connectivity index (χ3v) is 3.35. The minimum Gasteiger partial charge on any atom is -0.381 e. The summed E-state index contributed by atoms with van der Waals surface area (Å²) in [4.78, 5) is 2.54. The first-order valence-corrected chi connectivity index (χ1v) is 6.10. The third-order valence-electron chi connectivity index (χ3n) is 3.35. The number of hydrogen-bond donors (Lipinski definition) is 1. The SMILES string of the molecule is CC(C)N1CCCC(Cc2cc(N)no2)C1. The zero-order valence-electron chi connectivity index (χ0n) is 10.1. The van der Waals surface area contributed by atoms with Crippen molar-refractivity contribution in [2.75, 3.05) is 18.8 Å². The van der Waals surface area contributed by atoms with E-state index in [0.29, 0.717) is 17.8 Å². The Labute approximate surface area is 96.8 Å². The Balaban J connectivity index is 1.90. The van der Waals surface area contributed by atoms with E-state index in [2.05, 4.69) is 23.9 Å². The van der Waals surface area contributed by atoms with Crippen LogP contribution in [0.2, 0.25) is 0 Å². The van der Waals surface area contributed by atoms with Gasteiger partial charge in [0.15, 0.2) is 5.82 Å². The van der Waals surface area contributed by atoms with Gasteiger partial charge in [-0.25, -0.2) is 0 Å². The molecule has 0 aliphatic carbocycles. The van der Waals surface area contributed by atoms with Crippen LogP contribution in [-0.4, -0.2) is 29.2 Å². The largest absolute Gasteiger partial charge is 0.381 e. The summed E-state index contributed by atoms with van der Waals surface area (Å²) in [5.41, 5.74) is 5.54. The zero-order chi connectivity index (χ0) is 11.5. The quantitative estimate of drug-likeness (QED) is 0.850. The van der Waals surface area contributed by atoms with E-state index in [1.54, 1.807) is 0 Å². The van der Waals surface area contributed by atoms with Crippen LogP contribution < -0.4 is 5.73 Å². The van der Waals surface area contributed by atoms with Crippen LogP contribution in [0.3, 0.4) is 0 Å². The fourth-order valence-electron chi connectivity index (χ4n) is 2.44. The van der Waals surface area contributed by atoms with Crippen LogP contribution in [0.5, 0.6) is 0 Å². The Hall–Kier alpha value is -1.03. The Kier molecular flexibility index (Phi) is 3.49. The van der Waals surface area contributed by atoms with E-state index in [-0.39, 0.29) is 0 Å². The van der Waals surface area contributed by atoms with E-state index in [0.717, 1.165) is 18.7 Å². The van der Waals surface area contributed by atoms with Gasteiger partial charge in [-0.15, -0.1) is 0 Å². The van der Waals surface area contributed by atoms with E-state index >= 15 is 0 Å². The minimum atomic E-state index is 0.492. The highest BCUT2D eigenvalue weighted by molar-refractivity contribution is 5.26. The molecule has 0 radical (unpaired) electrons. The number of nitrogen functional groups attached to an aromatic ring is 1. The van der Waals surface area contributed by atoms with Gasteiger partial charge in [-0.1, -0.05) is 5.16 Å². The Bertz CT molecular complexity index is 335. The molecule has 1 aliphatic heterocycles. The molecule has 0 bridgehead atoms. The first kappa shape index (κ1) is 11.5. The Morgan fingerprint density at radius 1 is 1.62 bits per heavy atom. The summed E-state index contributed by atoms with van der Waals surface area (Å²) in [5.74, 6) is 2.10. The Morgan fingerprint density at radius 3 is 3.06 bits per heavy atom. The summed E-state index contributed by atoms with van der Waals surface area (Å²) in [6.45, 7) is 6.91. The van der Waals surface area contributed by atoms with E-state index in [1.165, 1.54) is 19.4 Å². The lowest BCUT2D eigenvalue weighted by molar-refractivity contribution is 0.135. The summed E-state index contributed by atoms with van der Waals surface area (Å²) in [7, 11) is 0. The normalized spacial score (nSPS) is 22.8. The third kappa shape index (κ3) is 2.76. The molecule has 2 N–H and O–H groups in total. The maximum atomic E-state index is 5.54. The van der Waals surface area contributed by atoms with Gasteiger partial charge in [0, 0.05) is 25.1 Å². The van der Waals surface area contributed by atoms with Crippen LogP contribution in [-0.2, 0) is 6.42 Å². The van der Waals surface area contributed by atoms with Crippen LogP contribution in [0.25, 0.3) is 0 Å². The highest BCUT2D eigenvalue weighted by atomic mass is 16.5. The number of nitrogens with two attached hydrogens (primary N) is 1. The van der Waals surface area contributed by atoms with Gasteiger partial charge < -0.3 is 15.2 Å². The average Bonchev–Trinajstić information content (AvgIpc) is 2.64. The van der Waals surface area contributed by atoms with Crippen LogP contribution in [0.15, 0.2) is 10.6 Å². The molecule has 1 aromatic rings. The van der Waals surface area contributed by atoms with Crippen LogP contribution in [0.4, 0.5) is 5.82 Å². The number of anilines is 1. The molecule has 4 heteroatoms. The van der Waals surface area contributed by atoms with Crippen LogP contribution in [0, 0.1) is 5.92 Å². The van der Waals surface area contributed by atoms with Crippen LogP contribution >= 0.6 is 0 Å². The molecule has 1 saturated heterocycles. The molecule has 0 saturated carbocycles. The average molecular weight is 223 g/mol. The molecule has 1 unspecified atom stereocenters. The molecule has 90 valence electrons. The highest BCUT2D eigenvalue weighted by Crippen LogP contribution is 2.22. The molecule has 0 amide bonds. The van der Waals surface area contributed by atoms with Gasteiger partial charge in [0.05, 0.1) is 0 Å². The summed E-state index contributed by atoms with van der Waals surface area (Å²) >= 11 is 0. The molecular weight excluding hydrogens is 202 g/mol. The van der Waals surface area contributed by atoms with Gasteiger partial charge in [-0.2, -0.15) is 0 Å². The van der Waals surface area contributed by atoms with E-state index in [4.69, 9.17) is 10.3 Å². The fraction of sp³-hybridized carbons (Fsp3) is 0.750. The topological polar surface area (TPSA) is 55.3 Å². The van der Waals surface area contributed by atoms with Gasteiger partial charge in [0.2, 0.25) is 0 Å². The van der Waals surface area contributed by atoms with Crippen LogP contribution in [0.1, 0.15) is 32.4 Å². The van der Waals surface area contributed by atoms with Crippen molar-refractivity contribution < 1.29 is 4.52 Å². The van der Waals surface area contributed by atoms with Gasteiger partial charge in [0.1, 0.15) is 5.76 Å². The van der Waals surface area contributed by atoms with Gasteiger partial charge >= 0.3 is 0 Å². The van der Waals surface area contributed by atoms with E-state index < -0.39 is 0 Å². The number of rotatable bonds is 3. The smallest absolute Gasteiger partial charge is 0.167 e. The number of nitrogens with zero attached hydrogens (tertiary/aromatic N) is 2. The van der Waals surface area contributed by atoms with Crippen molar-refractivity contribution in [3.05, 3.63) is 11.8 Å². The van der Waals surface area contributed by atoms with Crippen molar-refractivity contribution >= 4 is 5.82 Å². The molecule has 1 aliphatic rings. The van der Waals surface area contributed by atoms with Crippen molar-refractivity contribution in [2.45, 2.75) is 39.2 Å². The molecular formula is C12H21N3O. The van der Waals surface area contributed by atoms with Gasteiger partial charge in [-0.05, 0) is 39.2 Å². The summed E-state index contributed by atoms with van der Waals surface area (Å²) in [5, 5.41) is 3.73. The fourth-order valence-corrected chi connectivity index (χ4v) is 2.44. The van der Waals surface area contributed by atoms with E-state index in [9.17, 15) is 0 Å². The predicted molar refractivity (Wildman–Crippen MR) is 64.1 cm³/mol. The lowest BCUT2D eigenvalue weighted by Gasteiger charge is -2.35. The van der Waals surface area contributed by atoms with Crippen molar-refractivity contribution in [3.8, 4) is 0 Å².